The molecule has 0 atom stereocenters. The van der Waals surface area contributed by atoms with Crippen LogP contribution in [0.3, 0.4) is 0 Å². The molecule has 0 aliphatic heterocycles. The van der Waals surface area contributed by atoms with Gasteiger partial charge in [-0.3, -0.25) is 0 Å². The summed E-state index contributed by atoms with van der Waals surface area (Å²) in [7, 11) is 0. The van der Waals surface area contributed by atoms with Gasteiger partial charge in [-0.15, -0.1) is 0 Å². The molecule has 1 aromatic carbocycles. The highest BCUT2D eigenvalue weighted by Gasteiger charge is 2.17. The molecule has 0 heterocycles. The normalized spacial score (nSPS) is 10.1. The zero-order valence-corrected chi connectivity index (χ0v) is 9.28. The van der Waals surface area contributed by atoms with Gasteiger partial charge in [0, 0.05) is 0 Å². The van der Waals surface area contributed by atoms with E-state index in [1.807, 2.05) is 6.92 Å². The third-order valence-corrected chi connectivity index (χ3v) is 2.56. The summed E-state index contributed by atoms with van der Waals surface area (Å²) in [4.78, 5) is 21.9. The quantitative estimate of drug-likeness (QED) is 0.819. The molecule has 0 aromatic heterocycles. The molecular weight excluding hydrogens is 208 g/mol. The topological polar surface area (TPSA) is 74.6 Å². The molecule has 86 valence electrons. The monoisotopic (exact) mass is 222 g/mol. The number of hydrogen-bond acceptors (Lipinski definition) is 2. The Bertz CT molecular complexity index is 435. The van der Waals surface area contributed by atoms with E-state index < -0.39 is 11.9 Å². The summed E-state index contributed by atoms with van der Waals surface area (Å²) >= 11 is 0. The van der Waals surface area contributed by atoms with Crippen LogP contribution in [0.15, 0.2) is 12.1 Å². The molecule has 2 N–H and O–H groups in total. The van der Waals surface area contributed by atoms with Gasteiger partial charge in [-0.2, -0.15) is 0 Å². The van der Waals surface area contributed by atoms with Crippen LogP contribution in [0.4, 0.5) is 0 Å². The zero-order chi connectivity index (χ0) is 12.3. The van der Waals surface area contributed by atoms with Crippen LogP contribution in [-0.4, -0.2) is 22.2 Å². The zero-order valence-electron chi connectivity index (χ0n) is 9.28. The number of benzene rings is 1. The van der Waals surface area contributed by atoms with Gasteiger partial charge in [-0.05, 0) is 36.6 Å². The van der Waals surface area contributed by atoms with Crippen molar-refractivity contribution in [3.8, 4) is 0 Å². The van der Waals surface area contributed by atoms with Crippen LogP contribution in [-0.2, 0) is 6.42 Å². The molecular formula is C12H14O4. The summed E-state index contributed by atoms with van der Waals surface area (Å²) in [5.74, 6) is -2.03. The van der Waals surface area contributed by atoms with E-state index in [-0.39, 0.29) is 11.1 Å². The van der Waals surface area contributed by atoms with E-state index in [9.17, 15) is 9.59 Å². The molecule has 0 aliphatic rings. The minimum Gasteiger partial charge on any atom is -0.478 e. The van der Waals surface area contributed by atoms with Gasteiger partial charge in [0.05, 0.1) is 11.1 Å². The molecule has 0 unspecified atom stereocenters. The van der Waals surface area contributed by atoms with Gasteiger partial charge in [0.25, 0.3) is 0 Å². The maximum Gasteiger partial charge on any atom is 0.335 e. The van der Waals surface area contributed by atoms with E-state index >= 15 is 0 Å². The fraction of sp³-hybridized carbons (Fsp3) is 0.333. The highest BCUT2D eigenvalue weighted by molar-refractivity contribution is 5.94. The van der Waals surface area contributed by atoms with Crippen molar-refractivity contribution in [3.63, 3.8) is 0 Å². The lowest BCUT2D eigenvalue weighted by molar-refractivity contribution is 0.0679. The van der Waals surface area contributed by atoms with Crippen molar-refractivity contribution in [3.05, 3.63) is 34.4 Å². The van der Waals surface area contributed by atoms with Crippen LogP contribution in [0.1, 0.15) is 45.2 Å². The fourth-order valence-electron chi connectivity index (χ4n) is 1.76. The first-order valence-electron chi connectivity index (χ1n) is 5.08. The van der Waals surface area contributed by atoms with Gasteiger partial charge in [0.15, 0.2) is 0 Å². The van der Waals surface area contributed by atoms with Crippen molar-refractivity contribution in [1.29, 1.82) is 0 Å². The summed E-state index contributed by atoms with van der Waals surface area (Å²) in [5.41, 5.74) is 1.54. The van der Waals surface area contributed by atoms with E-state index in [0.29, 0.717) is 17.5 Å². The lowest BCUT2D eigenvalue weighted by Crippen LogP contribution is -2.09. The van der Waals surface area contributed by atoms with E-state index in [1.165, 1.54) is 12.1 Å². The SMILES string of the molecule is CCCc1c(C(=O)O)ccc(C(=O)O)c1C. The van der Waals surface area contributed by atoms with Crippen LogP contribution in [0.2, 0.25) is 0 Å². The number of carbonyl (C=O) groups is 2. The lowest BCUT2D eigenvalue weighted by atomic mass is 9.94. The Labute approximate surface area is 93.5 Å². The summed E-state index contributed by atoms with van der Waals surface area (Å²) in [6, 6.07) is 2.71. The van der Waals surface area contributed by atoms with Crippen LogP contribution in [0, 0.1) is 6.92 Å². The van der Waals surface area contributed by atoms with Crippen LogP contribution in [0.25, 0.3) is 0 Å². The Morgan fingerprint density at radius 3 is 2.06 bits per heavy atom. The molecule has 0 amide bonds. The second kappa shape index (κ2) is 4.79. The first-order chi connectivity index (χ1) is 7.49. The Hall–Kier alpha value is -1.84. The first-order valence-corrected chi connectivity index (χ1v) is 5.08. The van der Waals surface area contributed by atoms with E-state index in [4.69, 9.17) is 10.2 Å². The number of carboxylic acid groups (broad SMARTS) is 2. The summed E-state index contributed by atoms with van der Waals surface area (Å²) in [6.45, 7) is 3.58. The number of hydrogen-bond donors (Lipinski definition) is 2. The van der Waals surface area contributed by atoms with Crippen LogP contribution >= 0.6 is 0 Å². The van der Waals surface area contributed by atoms with Gasteiger partial charge in [0.2, 0.25) is 0 Å². The average Bonchev–Trinajstić information content (AvgIpc) is 2.20. The molecule has 0 saturated heterocycles. The van der Waals surface area contributed by atoms with Crippen molar-refractivity contribution in [2.75, 3.05) is 0 Å². The predicted molar refractivity (Wildman–Crippen MR) is 59.1 cm³/mol. The van der Waals surface area contributed by atoms with Crippen LogP contribution < -0.4 is 0 Å². The molecule has 0 radical (unpaired) electrons. The average molecular weight is 222 g/mol. The standard InChI is InChI=1S/C12H14O4/c1-3-4-8-7(2)9(11(13)14)5-6-10(8)12(15)16/h5-6H,3-4H2,1-2H3,(H,13,14)(H,15,16). The molecule has 0 aliphatic carbocycles. The molecule has 0 spiro atoms. The highest BCUT2D eigenvalue weighted by atomic mass is 16.4. The van der Waals surface area contributed by atoms with Crippen molar-refractivity contribution in [2.24, 2.45) is 0 Å². The predicted octanol–water partition coefficient (Wildman–Crippen LogP) is 2.34. The Morgan fingerprint density at radius 1 is 1.12 bits per heavy atom. The fourth-order valence-corrected chi connectivity index (χ4v) is 1.76. The van der Waals surface area contributed by atoms with Gasteiger partial charge >= 0.3 is 11.9 Å². The molecule has 4 heteroatoms. The van der Waals surface area contributed by atoms with Crippen LogP contribution in [0.5, 0.6) is 0 Å². The van der Waals surface area contributed by atoms with Gasteiger partial charge in [-0.1, -0.05) is 13.3 Å². The third kappa shape index (κ3) is 2.21. The Balaban J connectivity index is 3.41. The second-order valence-electron chi connectivity index (χ2n) is 3.62. The van der Waals surface area contributed by atoms with E-state index in [2.05, 4.69) is 0 Å². The smallest absolute Gasteiger partial charge is 0.335 e. The van der Waals surface area contributed by atoms with Gasteiger partial charge in [-0.25, -0.2) is 9.59 Å². The van der Waals surface area contributed by atoms with Crippen molar-refractivity contribution >= 4 is 11.9 Å². The minimum absolute atomic E-state index is 0.174. The van der Waals surface area contributed by atoms with E-state index in [1.54, 1.807) is 6.92 Å². The molecule has 0 fully saturated rings. The molecule has 1 rings (SSSR count). The lowest BCUT2D eigenvalue weighted by Gasteiger charge is -2.11. The number of carboxylic acids is 2. The van der Waals surface area contributed by atoms with Crippen molar-refractivity contribution in [2.45, 2.75) is 26.7 Å². The third-order valence-electron chi connectivity index (χ3n) is 2.56. The maximum absolute atomic E-state index is 11.0. The first kappa shape index (κ1) is 12.2. The largest absolute Gasteiger partial charge is 0.478 e. The summed E-state index contributed by atoms with van der Waals surface area (Å²) < 4.78 is 0. The summed E-state index contributed by atoms with van der Waals surface area (Å²) in [6.07, 6.45) is 1.36. The van der Waals surface area contributed by atoms with Gasteiger partial charge in [0.1, 0.15) is 0 Å². The minimum atomic E-state index is -1.02. The maximum atomic E-state index is 11.0. The molecule has 0 bridgehead atoms. The summed E-state index contributed by atoms with van der Waals surface area (Å²) in [5, 5.41) is 17.9. The Kier molecular flexibility index (Phi) is 3.66. The number of rotatable bonds is 4. The second-order valence-corrected chi connectivity index (χ2v) is 3.62. The van der Waals surface area contributed by atoms with Crippen molar-refractivity contribution in [1.82, 2.24) is 0 Å². The highest BCUT2D eigenvalue weighted by Crippen LogP contribution is 2.20. The van der Waals surface area contributed by atoms with Gasteiger partial charge < -0.3 is 10.2 Å². The molecule has 4 nitrogen and oxygen atoms in total. The van der Waals surface area contributed by atoms with Crippen molar-refractivity contribution < 1.29 is 19.8 Å². The Morgan fingerprint density at radius 2 is 1.62 bits per heavy atom. The molecule has 0 saturated carbocycles. The van der Waals surface area contributed by atoms with E-state index in [0.717, 1.165) is 6.42 Å². The molecule has 16 heavy (non-hydrogen) atoms. The molecule has 1 aromatic rings. The number of aromatic carboxylic acids is 2.